The molecule has 0 aliphatic heterocycles. The van der Waals surface area contributed by atoms with E-state index in [0.29, 0.717) is 0 Å². The number of thiophene rings is 1. The van der Waals surface area contributed by atoms with Crippen molar-refractivity contribution in [1.82, 2.24) is 0 Å². The van der Waals surface area contributed by atoms with Crippen molar-refractivity contribution in [2.75, 3.05) is 0 Å². The Morgan fingerprint density at radius 3 is 2.93 bits per heavy atom. The first kappa shape index (κ1) is 10.2. The maximum atomic E-state index is 10.1. The minimum atomic E-state index is -0.441. The van der Waals surface area contributed by atoms with Crippen LogP contribution in [0, 0.1) is 5.92 Å². The molecule has 0 radical (unpaired) electrons. The summed E-state index contributed by atoms with van der Waals surface area (Å²) in [4.78, 5) is 0. The molecule has 1 aliphatic carbocycles. The van der Waals surface area contributed by atoms with Gasteiger partial charge in [-0.05, 0) is 54.5 Å². The van der Waals surface area contributed by atoms with Crippen LogP contribution in [0.25, 0.3) is 0 Å². The fourth-order valence-corrected chi connectivity index (χ4v) is 2.60. The zero-order valence-electron chi connectivity index (χ0n) is 8.70. The van der Waals surface area contributed by atoms with Crippen molar-refractivity contribution in [3.05, 3.63) is 22.4 Å². The quantitative estimate of drug-likeness (QED) is 0.791. The van der Waals surface area contributed by atoms with Crippen LogP contribution in [-0.4, -0.2) is 10.7 Å². The molecule has 2 heteroatoms. The highest BCUT2D eigenvalue weighted by Gasteiger charge is 2.31. The van der Waals surface area contributed by atoms with Crippen molar-refractivity contribution < 1.29 is 5.11 Å². The standard InChI is InChI=1S/C12H18OS/c1-12(13,8-10-2-3-10)6-4-11-5-7-14-9-11/h5,7,9-10,13H,2-4,6,8H2,1H3. The molecule has 14 heavy (non-hydrogen) atoms. The predicted molar refractivity (Wildman–Crippen MR) is 60.6 cm³/mol. The lowest BCUT2D eigenvalue weighted by atomic mass is 9.92. The van der Waals surface area contributed by atoms with Gasteiger partial charge in [0.1, 0.15) is 0 Å². The van der Waals surface area contributed by atoms with Gasteiger partial charge in [-0.3, -0.25) is 0 Å². The minimum absolute atomic E-state index is 0.441. The number of hydrogen-bond donors (Lipinski definition) is 1. The summed E-state index contributed by atoms with van der Waals surface area (Å²) < 4.78 is 0. The van der Waals surface area contributed by atoms with Gasteiger partial charge < -0.3 is 5.11 Å². The van der Waals surface area contributed by atoms with E-state index in [4.69, 9.17) is 0 Å². The lowest BCUT2D eigenvalue weighted by molar-refractivity contribution is 0.0367. The predicted octanol–water partition coefficient (Wildman–Crippen LogP) is 3.23. The summed E-state index contributed by atoms with van der Waals surface area (Å²) in [6.07, 6.45) is 5.57. The van der Waals surface area contributed by atoms with Crippen molar-refractivity contribution in [1.29, 1.82) is 0 Å². The average Bonchev–Trinajstić information content (AvgIpc) is 2.78. The summed E-state index contributed by atoms with van der Waals surface area (Å²) in [5.74, 6) is 0.812. The molecular formula is C12H18OS. The summed E-state index contributed by atoms with van der Waals surface area (Å²) in [5.41, 5.74) is 0.925. The third-order valence-corrected chi connectivity index (χ3v) is 3.69. The van der Waals surface area contributed by atoms with Gasteiger partial charge in [0.15, 0.2) is 0 Å². The average molecular weight is 210 g/mol. The van der Waals surface area contributed by atoms with E-state index in [-0.39, 0.29) is 0 Å². The highest BCUT2D eigenvalue weighted by molar-refractivity contribution is 7.07. The largest absolute Gasteiger partial charge is 0.390 e. The minimum Gasteiger partial charge on any atom is -0.390 e. The van der Waals surface area contributed by atoms with Crippen LogP contribution >= 0.6 is 11.3 Å². The number of aliphatic hydroxyl groups is 1. The van der Waals surface area contributed by atoms with Crippen LogP contribution in [0.4, 0.5) is 0 Å². The van der Waals surface area contributed by atoms with Gasteiger partial charge in [-0.2, -0.15) is 11.3 Å². The fraction of sp³-hybridized carbons (Fsp3) is 0.667. The first-order chi connectivity index (χ1) is 6.66. The van der Waals surface area contributed by atoms with Crippen LogP contribution in [0.5, 0.6) is 0 Å². The maximum absolute atomic E-state index is 10.1. The fourth-order valence-electron chi connectivity index (χ4n) is 1.89. The lowest BCUT2D eigenvalue weighted by Gasteiger charge is -2.22. The molecule has 1 saturated carbocycles. The highest BCUT2D eigenvalue weighted by atomic mass is 32.1. The zero-order chi connectivity index (χ0) is 10.0. The van der Waals surface area contributed by atoms with Crippen LogP contribution in [0.1, 0.15) is 38.2 Å². The van der Waals surface area contributed by atoms with E-state index < -0.39 is 5.60 Å². The van der Waals surface area contributed by atoms with Gasteiger partial charge in [0.25, 0.3) is 0 Å². The van der Waals surface area contributed by atoms with Crippen molar-refractivity contribution in [2.45, 2.75) is 44.6 Å². The summed E-state index contributed by atoms with van der Waals surface area (Å²) in [6.45, 7) is 1.98. The Bertz CT molecular complexity index is 273. The van der Waals surface area contributed by atoms with Gasteiger partial charge in [-0.15, -0.1) is 0 Å². The summed E-state index contributed by atoms with van der Waals surface area (Å²) in [5, 5.41) is 14.4. The van der Waals surface area contributed by atoms with Crippen LogP contribution in [-0.2, 0) is 6.42 Å². The first-order valence-corrected chi connectivity index (χ1v) is 6.33. The summed E-state index contributed by atoms with van der Waals surface area (Å²) in [7, 11) is 0. The third-order valence-electron chi connectivity index (χ3n) is 2.96. The van der Waals surface area contributed by atoms with Gasteiger partial charge in [0.2, 0.25) is 0 Å². The molecule has 0 spiro atoms. The van der Waals surface area contributed by atoms with Crippen molar-refractivity contribution in [3.63, 3.8) is 0 Å². The summed E-state index contributed by atoms with van der Waals surface area (Å²) in [6, 6.07) is 2.15. The molecule has 0 bridgehead atoms. The van der Waals surface area contributed by atoms with Gasteiger partial charge in [0.05, 0.1) is 5.60 Å². The van der Waals surface area contributed by atoms with Crippen LogP contribution in [0.15, 0.2) is 16.8 Å². The molecule has 1 aromatic heterocycles. The molecule has 1 aromatic rings. The second kappa shape index (κ2) is 4.03. The summed E-state index contributed by atoms with van der Waals surface area (Å²) >= 11 is 1.73. The van der Waals surface area contributed by atoms with Crippen LogP contribution in [0.2, 0.25) is 0 Å². The van der Waals surface area contributed by atoms with E-state index in [9.17, 15) is 5.11 Å². The van der Waals surface area contributed by atoms with E-state index in [1.54, 1.807) is 11.3 Å². The van der Waals surface area contributed by atoms with E-state index in [1.165, 1.54) is 18.4 Å². The molecule has 1 fully saturated rings. The topological polar surface area (TPSA) is 20.2 Å². The molecule has 1 atom stereocenters. The van der Waals surface area contributed by atoms with Crippen LogP contribution < -0.4 is 0 Å². The smallest absolute Gasteiger partial charge is 0.0625 e. The Morgan fingerprint density at radius 1 is 1.57 bits per heavy atom. The Morgan fingerprint density at radius 2 is 2.36 bits per heavy atom. The number of hydrogen-bond acceptors (Lipinski definition) is 2. The molecule has 0 saturated heterocycles. The number of rotatable bonds is 5. The van der Waals surface area contributed by atoms with Crippen molar-refractivity contribution >= 4 is 11.3 Å². The third kappa shape index (κ3) is 3.10. The highest BCUT2D eigenvalue weighted by Crippen LogP contribution is 2.38. The molecule has 1 nitrogen and oxygen atoms in total. The number of aryl methyl sites for hydroxylation is 1. The molecule has 1 heterocycles. The monoisotopic (exact) mass is 210 g/mol. The first-order valence-electron chi connectivity index (χ1n) is 5.39. The Kier molecular flexibility index (Phi) is 2.93. The van der Waals surface area contributed by atoms with E-state index >= 15 is 0 Å². The molecular weight excluding hydrogens is 192 g/mol. The molecule has 1 aliphatic rings. The Labute approximate surface area is 89.8 Å². The Hall–Kier alpha value is -0.340. The van der Waals surface area contributed by atoms with Crippen LogP contribution in [0.3, 0.4) is 0 Å². The van der Waals surface area contributed by atoms with Crippen molar-refractivity contribution in [2.24, 2.45) is 5.92 Å². The lowest BCUT2D eigenvalue weighted by Crippen LogP contribution is -2.25. The molecule has 1 unspecified atom stereocenters. The molecule has 0 aromatic carbocycles. The maximum Gasteiger partial charge on any atom is 0.0625 e. The van der Waals surface area contributed by atoms with Gasteiger partial charge in [0, 0.05) is 0 Å². The molecule has 0 amide bonds. The van der Waals surface area contributed by atoms with E-state index in [0.717, 1.165) is 25.2 Å². The van der Waals surface area contributed by atoms with Gasteiger partial charge in [-0.25, -0.2) is 0 Å². The van der Waals surface area contributed by atoms with Crippen molar-refractivity contribution in [3.8, 4) is 0 Å². The molecule has 78 valence electrons. The van der Waals surface area contributed by atoms with Gasteiger partial charge >= 0.3 is 0 Å². The zero-order valence-corrected chi connectivity index (χ0v) is 9.52. The van der Waals surface area contributed by atoms with Gasteiger partial charge in [-0.1, -0.05) is 12.8 Å². The molecule has 2 rings (SSSR count). The molecule has 1 N–H and O–H groups in total. The Balaban J connectivity index is 1.77. The van der Waals surface area contributed by atoms with E-state index in [1.807, 2.05) is 6.92 Å². The second-order valence-corrected chi connectivity index (χ2v) is 5.56. The second-order valence-electron chi connectivity index (χ2n) is 4.78. The van der Waals surface area contributed by atoms with E-state index in [2.05, 4.69) is 16.8 Å². The SMILES string of the molecule is CC(O)(CCc1ccsc1)CC1CC1. The normalized spacial score (nSPS) is 20.7.